The molecule has 1 saturated heterocycles. The van der Waals surface area contributed by atoms with Crippen LogP contribution in [0.25, 0.3) is 0 Å². The fraction of sp³-hybridized carbons (Fsp3) is 0.733. The number of rotatable bonds is 4. The van der Waals surface area contributed by atoms with Crippen molar-refractivity contribution in [3.8, 4) is 0 Å². The van der Waals surface area contributed by atoms with Gasteiger partial charge in [-0.25, -0.2) is 0 Å². The van der Waals surface area contributed by atoms with E-state index in [0.29, 0.717) is 12.1 Å². The van der Waals surface area contributed by atoms with Crippen molar-refractivity contribution in [2.24, 2.45) is 12.0 Å². The Labute approximate surface area is 127 Å². The van der Waals surface area contributed by atoms with Gasteiger partial charge in [-0.15, -0.1) is 0 Å². The van der Waals surface area contributed by atoms with Gasteiger partial charge in [0.1, 0.15) is 0 Å². The van der Waals surface area contributed by atoms with Gasteiger partial charge in [0.2, 0.25) is 0 Å². The number of guanidine groups is 1. The van der Waals surface area contributed by atoms with E-state index in [1.807, 2.05) is 31.0 Å². The molecular formula is C15H28N6. The number of hydrogen-bond acceptors (Lipinski definition) is 3. The summed E-state index contributed by atoms with van der Waals surface area (Å²) < 4.78 is 1.88. The summed E-state index contributed by atoms with van der Waals surface area (Å²) >= 11 is 0. The highest BCUT2D eigenvalue weighted by Crippen LogP contribution is 2.12. The number of aryl methyl sites for hydroxylation is 1. The maximum atomic E-state index is 4.32. The van der Waals surface area contributed by atoms with Crippen molar-refractivity contribution in [3.05, 3.63) is 18.0 Å². The first-order valence-corrected chi connectivity index (χ1v) is 7.78. The van der Waals surface area contributed by atoms with Crippen molar-refractivity contribution in [2.45, 2.75) is 45.3 Å². The predicted octanol–water partition coefficient (Wildman–Crippen LogP) is 0.958. The smallest absolute Gasteiger partial charge is 0.191 e. The van der Waals surface area contributed by atoms with E-state index in [2.05, 4.69) is 39.5 Å². The Bertz CT molecular complexity index is 456. The summed E-state index contributed by atoms with van der Waals surface area (Å²) in [5, 5.41) is 11.1. The number of nitrogens with one attached hydrogen (secondary N) is 2. The summed E-state index contributed by atoms with van der Waals surface area (Å²) in [5.41, 5.74) is 1.15. The lowest BCUT2D eigenvalue weighted by molar-refractivity contribution is 0.167. The molecule has 0 bridgehead atoms. The molecule has 0 saturated carbocycles. The number of likely N-dealkylation sites (tertiary alicyclic amines) is 1. The molecule has 6 heteroatoms. The summed E-state index contributed by atoms with van der Waals surface area (Å²) in [4.78, 5) is 6.85. The van der Waals surface area contributed by atoms with Crippen LogP contribution < -0.4 is 10.6 Å². The minimum absolute atomic E-state index is 0.512. The van der Waals surface area contributed by atoms with Crippen molar-refractivity contribution >= 4 is 5.96 Å². The summed E-state index contributed by atoms with van der Waals surface area (Å²) in [6.45, 7) is 7.59. The third-order valence-electron chi connectivity index (χ3n) is 4.18. The predicted molar refractivity (Wildman–Crippen MR) is 86.3 cm³/mol. The largest absolute Gasteiger partial charge is 0.354 e. The number of nitrogens with zero attached hydrogens (tertiary/aromatic N) is 4. The van der Waals surface area contributed by atoms with Gasteiger partial charge in [-0.3, -0.25) is 9.67 Å². The third kappa shape index (κ3) is 4.46. The molecule has 0 aromatic carbocycles. The first-order valence-electron chi connectivity index (χ1n) is 7.78. The Kier molecular flexibility index (Phi) is 5.61. The second-order valence-corrected chi connectivity index (χ2v) is 5.92. The maximum Gasteiger partial charge on any atom is 0.191 e. The normalized spacial score (nSPS) is 18.2. The van der Waals surface area contributed by atoms with Crippen LogP contribution in [-0.4, -0.2) is 52.9 Å². The van der Waals surface area contributed by atoms with E-state index in [1.165, 1.54) is 12.8 Å². The van der Waals surface area contributed by atoms with Crippen LogP contribution in [0, 0.1) is 0 Å². The van der Waals surface area contributed by atoms with Crippen LogP contribution in [0.3, 0.4) is 0 Å². The van der Waals surface area contributed by atoms with E-state index in [0.717, 1.165) is 31.3 Å². The molecule has 0 aliphatic carbocycles. The molecule has 118 valence electrons. The van der Waals surface area contributed by atoms with E-state index in [-0.39, 0.29) is 0 Å². The molecule has 2 rings (SSSR count). The second kappa shape index (κ2) is 7.45. The lowest BCUT2D eigenvalue weighted by Gasteiger charge is -2.35. The number of hydrogen-bond donors (Lipinski definition) is 2. The standard InChI is InChI=1S/C15H28N6/c1-12(2)21-9-6-13(7-10-21)19-15(16-3)17-11-14-5-8-18-20(14)4/h5,8,12-13H,6-7,9-11H2,1-4H3,(H2,16,17,19). The van der Waals surface area contributed by atoms with Gasteiger partial charge < -0.3 is 15.5 Å². The molecule has 0 spiro atoms. The molecule has 2 N–H and O–H groups in total. The van der Waals surface area contributed by atoms with E-state index < -0.39 is 0 Å². The van der Waals surface area contributed by atoms with Crippen LogP contribution in [0.4, 0.5) is 0 Å². The maximum absolute atomic E-state index is 4.32. The zero-order valence-electron chi connectivity index (χ0n) is 13.6. The van der Waals surface area contributed by atoms with Gasteiger partial charge >= 0.3 is 0 Å². The summed E-state index contributed by atoms with van der Waals surface area (Å²) in [5.74, 6) is 0.874. The van der Waals surface area contributed by atoms with Gasteiger partial charge in [-0.05, 0) is 32.8 Å². The van der Waals surface area contributed by atoms with E-state index in [4.69, 9.17) is 0 Å². The molecule has 1 fully saturated rings. The Morgan fingerprint density at radius 3 is 2.67 bits per heavy atom. The Balaban J connectivity index is 1.77. The SMILES string of the molecule is CN=C(NCc1ccnn1C)NC1CCN(C(C)C)CC1. The molecular weight excluding hydrogens is 264 g/mol. The molecule has 21 heavy (non-hydrogen) atoms. The van der Waals surface area contributed by atoms with Crippen LogP contribution in [0.1, 0.15) is 32.4 Å². The van der Waals surface area contributed by atoms with Crippen molar-refractivity contribution in [1.29, 1.82) is 0 Å². The summed E-state index contributed by atoms with van der Waals surface area (Å²) in [7, 11) is 3.77. The average molecular weight is 292 g/mol. The minimum atomic E-state index is 0.512. The molecule has 1 aliphatic heterocycles. The highest BCUT2D eigenvalue weighted by atomic mass is 15.3. The fourth-order valence-corrected chi connectivity index (χ4v) is 2.70. The zero-order valence-corrected chi connectivity index (χ0v) is 13.6. The highest BCUT2D eigenvalue weighted by molar-refractivity contribution is 5.79. The first kappa shape index (κ1) is 15.8. The van der Waals surface area contributed by atoms with E-state index in [1.54, 1.807) is 0 Å². The lowest BCUT2D eigenvalue weighted by Crippen LogP contribution is -2.49. The van der Waals surface area contributed by atoms with Crippen LogP contribution >= 0.6 is 0 Å². The quantitative estimate of drug-likeness (QED) is 0.641. The second-order valence-electron chi connectivity index (χ2n) is 5.92. The van der Waals surface area contributed by atoms with Crippen LogP contribution in [0.2, 0.25) is 0 Å². The lowest BCUT2D eigenvalue weighted by atomic mass is 10.0. The number of aromatic nitrogens is 2. The van der Waals surface area contributed by atoms with Crippen LogP contribution in [-0.2, 0) is 13.6 Å². The van der Waals surface area contributed by atoms with Crippen molar-refractivity contribution < 1.29 is 0 Å². The zero-order chi connectivity index (χ0) is 15.2. The third-order valence-corrected chi connectivity index (χ3v) is 4.18. The van der Waals surface area contributed by atoms with Gasteiger partial charge in [-0.2, -0.15) is 5.10 Å². The van der Waals surface area contributed by atoms with Gasteiger partial charge in [-0.1, -0.05) is 0 Å². The molecule has 1 aromatic rings. The van der Waals surface area contributed by atoms with Crippen molar-refractivity contribution in [2.75, 3.05) is 20.1 Å². The Morgan fingerprint density at radius 1 is 1.43 bits per heavy atom. The topological polar surface area (TPSA) is 57.5 Å². The van der Waals surface area contributed by atoms with Gasteiger partial charge in [0.25, 0.3) is 0 Å². The van der Waals surface area contributed by atoms with Crippen molar-refractivity contribution in [3.63, 3.8) is 0 Å². The molecule has 0 radical (unpaired) electrons. The molecule has 0 atom stereocenters. The minimum Gasteiger partial charge on any atom is -0.354 e. The van der Waals surface area contributed by atoms with Crippen LogP contribution in [0.5, 0.6) is 0 Å². The molecule has 2 heterocycles. The molecule has 0 unspecified atom stereocenters. The Hall–Kier alpha value is -1.56. The number of piperidine rings is 1. The summed E-state index contributed by atoms with van der Waals surface area (Å²) in [6, 6.07) is 3.17. The Morgan fingerprint density at radius 2 is 2.14 bits per heavy atom. The number of aliphatic imine (C=N–C) groups is 1. The van der Waals surface area contributed by atoms with Crippen LogP contribution in [0.15, 0.2) is 17.3 Å². The monoisotopic (exact) mass is 292 g/mol. The van der Waals surface area contributed by atoms with Crippen molar-refractivity contribution in [1.82, 2.24) is 25.3 Å². The fourth-order valence-electron chi connectivity index (χ4n) is 2.70. The van der Waals surface area contributed by atoms with Gasteiger partial charge in [0.15, 0.2) is 5.96 Å². The van der Waals surface area contributed by atoms with Gasteiger partial charge in [0, 0.05) is 45.5 Å². The molecule has 0 amide bonds. The highest BCUT2D eigenvalue weighted by Gasteiger charge is 2.21. The average Bonchev–Trinajstić information content (AvgIpc) is 2.89. The molecule has 1 aliphatic rings. The van der Waals surface area contributed by atoms with E-state index >= 15 is 0 Å². The van der Waals surface area contributed by atoms with E-state index in [9.17, 15) is 0 Å². The molecule has 1 aromatic heterocycles. The van der Waals surface area contributed by atoms with Gasteiger partial charge in [0.05, 0.1) is 12.2 Å². The molecule has 6 nitrogen and oxygen atoms in total. The first-order chi connectivity index (χ1) is 10.1. The summed E-state index contributed by atoms with van der Waals surface area (Å²) in [6.07, 6.45) is 4.16.